The number of carbonyl (C=O) groups excluding carboxylic acids is 2. The summed E-state index contributed by atoms with van der Waals surface area (Å²) in [5, 5.41) is 0. The van der Waals surface area contributed by atoms with Crippen molar-refractivity contribution in [3.63, 3.8) is 0 Å². The van der Waals surface area contributed by atoms with Crippen LogP contribution < -0.4 is 0 Å². The fraction of sp³-hybridized carbons (Fsp3) is 0.267. The van der Waals surface area contributed by atoms with Crippen LogP contribution in [0.5, 0.6) is 0 Å². The molecule has 4 nitrogen and oxygen atoms in total. The van der Waals surface area contributed by atoms with Gasteiger partial charge < -0.3 is 9.80 Å². The van der Waals surface area contributed by atoms with Crippen LogP contribution in [0.2, 0.25) is 0 Å². The first-order valence-corrected chi connectivity index (χ1v) is 12.5. The zero-order valence-electron chi connectivity index (χ0n) is 21.5. The quantitative estimate of drug-likeness (QED) is 0.259. The second kappa shape index (κ2) is 11.6. The van der Waals surface area contributed by atoms with Gasteiger partial charge in [-0.05, 0) is 48.7 Å². The van der Waals surface area contributed by atoms with E-state index in [-0.39, 0.29) is 38.0 Å². The van der Waals surface area contributed by atoms with Crippen molar-refractivity contribution in [1.29, 1.82) is 0 Å². The molecule has 1 heterocycles. The topological polar surface area (TPSA) is 40.6 Å². The van der Waals surface area contributed by atoms with Gasteiger partial charge in [0.15, 0.2) is 0 Å². The molecule has 1 aliphatic heterocycles. The molecule has 1 atom stereocenters. The third-order valence-corrected chi connectivity index (χ3v) is 6.70. The Bertz CT molecular complexity index is 1350. The van der Waals surface area contributed by atoms with Crippen molar-refractivity contribution in [3.05, 3.63) is 112 Å². The number of rotatable bonds is 5. The Hall–Kier alpha value is -4.08. The van der Waals surface area contributed by atoms with Gasteiger partial charge in [0.25, 0.3) is 5.91 Å². The van der Waals surface area contributed by atoms with Crippen molar-refractivity contribution in [3.8, 4) is 0 Å². The average molecular weight is 561 g/mol. The molecule has 1 saturated heterocycles. The van der Waals surface area contributed by atoms with E-state index < -0.39 is 41.0 Å². The fourth-order valence-corrected chi connectivity index (χ4v) is 4.58. The summed E-state index contributed by atoms with van der Waals surface area (Å²) < 4.78 is 80.5. The maximum absolute atomic E-state index is 13.4. The molecule has 10 heteroatoms. The zero-order valence-corrected chi connectivity index (χ0v) is 21.5. The van der Waals surface area contributed by atoms with Gasteiger partial charge in [-0.1, -0.05) is 60.2 Å². The van der Waals surface area contributed by atoms with Crippen LogP contribution in [0, 0.1) is 6.92 Å². The van der Waals surface area contributed by atoms with E-state index in [1.54, 1.807) is 36.4 Å². The molecule has 0 aromatic heterocycles. The summed E-state index contributed by atoms with van der Waals surface area (Å²) in [5.41, 5.74) is -1.13. The van der Waals surface area contributed by atoms with Crippen molar-refractivity contribution >= 4 is 17.9 Å². The Labute approximate surface area is 227 Å². The van der Waals surface area contributed by atoms with E-state index in [0.29, 0.717) is 12.1 Å². The van der Waals surface area contributed by atoms with Crippen molar-refractivity contribution in [2.24, 2.45) is 0 Å². The summed E-state index contributed by atoms with van der Waals surface area (Å²) in [6.45, 7) is 2.01. The SMILES string of the molecule is Cc1ccc(/C=C/C(=O)N2CCN(C(=O)c3cc(C(F)(F)F)cc(C(F)(F)F)c3)[C@H](Cc3ccccc3)C2)cc1. The summed E-state index contributed by atoms with van der Waals surface area (Å²) in [5.74, 6) is -1.27. The summed E-state index contributed by atoms with van der Waals surface area (Å²) in [6, 6.07) is 16.7. The lowest BCUT2D eigenvalue weighted by Crippen LogP contribution is -2.57. The Morgan fingerprint density at radius 1 is 0.850 bits per heavy atom. The first-order chi connectivity index (χ1) is 18.8. The maximum atomic E-state index is 13.4. The maximum Gasteiger partial charge on any atom is 0.416 e. The van der Waals surface area contributed by atoms with Crippen LogP contribution in [-0.2, 0) is 23.6 Å². The standard InChI is InChI=1S/C30H26F6N2O2/c1-20-7-9-21(10-8-20)11-12-27(39)37-13-14-38(26(19-37)15-22-5-3-2-4-6-22)28(40)23-16-24(29(31,32)33)18-25(17-23)30(34,35)36/h2-12,16-18,26H,13-15,19H2,1H3/b12-11+/t26-/m1/s1. The van der Waals surface area contributed by atoms with Gasteiger partial charge >= 0.3 is 12.4 Å². The monoisotopic (exact) mass is 560 g/mol. The molecule has 0 N–H and O–H groups in total. The highest BCUT2D eigenvalue weighted by molar-refractivity contribution is 5.96. The fourth-order valence-electron chi connectivity index (χ4n) is 4.58. The van der Waals surface area contributed by atoms with E-state index in [2.05, 4.69) is 0 Å². The number of piperazine rings is 1. The number of hydrogen-bond donors (Lipinski definition) is 0. The molecule has 1 aliphatic rings. The van der Waals surface area contributed by atoms with E-state index in [1.165, 1.54) is 15.9 Å². The third kappa shape index (κ3) is 7.11. The summed E-state index contributed by atoms with van der Waals surface area (Å²) in [6.07, 6.45) is -6.83. The molecule has 4 rings (SSSR count). The van der Waals surface area contributed by atoms with E-state index in [4.69, 9.17) is 0 Å². The first kappa shape index (κ1) is 28.9. The van der Waals surface area contributed by atoms with Gasteiger partial charge in [-0.25, -0.2) is 0 Å². The number of nitrogens with zero attached hydrogens (tertiary/aromatic N) is 2. The van der Waals surface area contributed by atoms with Crippen LogP contribution in [0.1, 0.15) is 38.2 Å². The summed E-state index contributed by atoms with van der Waals surface area (Å²) in [4.78, 5) is 29.2. The largest absolute Gasteiger partial charge is 0.416 e. The molecular weight excluding hydrogens is 534 g/mol. The van der Waals surface area contributed by atoms with Crippen LogP contribution in [0.25, 0.3) is 6.08 Å². The van der Waals surface area contributed by atoms with Crippen molar-refractivity contribution < 1.29 is 35.9 Å². The molecule has 0 spiro atoms. The number of amides is 2. The molecule has 3 aromatic rings. The van der Waals surface area contributed by atoms with Gasteiger partial charge in [-0.2, -0.15) is 26.3 Å². The van der Waals surface area contributed by atoms with Crippen LogP contribution in [-0.4, -0.2) is 47.3 Å². The molecule has 40 heavy (non-hydrogen) atoms. The molecule has 0 bridgehead atoms. The molecule has 0 saturated carbocycles. The van der Waals surface area contributed by atoms with E-state index in [0.717, 1.165) is 16.7 Å². The minimum absolute atomic E-state index is 0.00474. The zero-order chi connectivity index (χ0) is 29.1. The predicted molar refractivity (Wildman–Crippen MR) is 138 cm³/mol. The van der Waals surface area contributed by atoms with Crippen molar-refractivity contribution in [2.75, 3.05) is 19.6 Å². The number of alkyl halides is 6. The average Bonchev–Trinajstić information content (AvgIpc) is 2.91. The van der Waals surface area contributed by atoms with E-state index >= 15 is 0 Å². The Kier molecular flexibility index (Phi) is 8.37. The normalized spacial score (nSPS) is 16.4. The van der Waals surface area contributed by atoms with Crippen LogP contribution in [0.3, 0.4) is 0 Å². The predicted octanol–water partition coefficient (Wildman–Crippen LogP) is 6.64. The minimum Gasteiger partial charge on any atom is -0.335 e. The number of carbonyl (C=O) groups is 2. The second-order valence-corrected chi connectivity index (χ2v) is 9.66. The lowest BCUT2D eigenvalue weighted by molar-refractivity contribution is -0.143. The first-order valence-electron chi connectivity index (χ1n) is 12.5. The summed E-state index contributed by atoms with van der Waals surface area (Å²) in [7, 11) is 0. The van der Waals surface area contributed by atoms with Gasteiger partial charge in [0.05, 0.1) is 17.2 Å². The molecule has 0 radical (unpaired) electrons. The number of aryl methyl sites for hydroxylation is 1. The van der Waals surface area contributed by atoms with Crippen molar-refractivity contribution in [2.45, 2.75) is 31.7 Å². The lowest BCUT2D eigenvalue weighted by atomic mass is 9.99. The van der Waals surface area contributed by atoms with Crippen LogP contribution in [0.4, 0.5) is 26.3 Å². The molecule has 2 amide bonds. The molecular formula is C30H26F6N2O2. The van der Waals surface area contributed by atoms with E-state index in [1.807, 2.05) is 31.2 Å². The Balaban J connectivity index is 1.62. The highest BCUT2D eigenvalue weighted by atomic mass is 19.4. The molecule has 210 valence electrons. The van der Waals surface area contributed by atoms with Gasteiger partial charge in [0, 0.05) is 31.3 Å². The number of hydrogen-bond acceptors (Lipinski definition) is 2. The molecule has 0 unspecified atom stereocenters. The van der Waals surface area contributed by atoms with Crippen LogP contribution >= 0.6 is 0 Å². The Morgan fingerprint density at radius 2 is 1.45 bits per heavy atom. The highest BCUT2D eigenvalue weighted by Gasteiger charge is 2.39. The van der Waals surface area contributed by atoms with Gasteiger partial charge in [0.1, 0.15) is 0 Å². The number of benzene rings is 3. The minimum atomic E-state index is -5.07. The van der Waals surface area contributed by atoms with Crippen molar-refractivity contribution in [1.82, 2.24) is 9.80 Å². The van der Waals surface area contributed by atoms with E-state index in [9.17, 15) is 35.9 Å². The highest BCUT2D eigenvalue weighted by Crippen LogP contribution is 2.37. The molecule has 1 fully saturated rings. The third-order valence-electron chi connectivity index (χ3n) is 6.70. The smallest absolute Gasteiger partial charge is 0.335 e. The molecule has 3 aromatic carbocycles. The molecule has 0 aliphatic carbocycles. The van der Waals surface area contributed by atoms with Gasteiger partial charge in [0.2, 0.25) is 5.91 Å². The van der Waals surface area contributed by atoms with Gasteiger partial charge in [-0.3, -0.25) is 9.59 Å². The Morgan fingerprint density at radius 3 is 2.02 bits per heavy atom. The van der Waals surface area contributed by atoms with Gasteiger partial charge in [-0.15, -0.1) is 0 Å². The lowest BCUT2D eigenvalue weighted by Gasteiger charge is -2.41. The second-order valence-electron chi connectivity index (χ2n) is 9.66. The summed E-state index contributed by atoms with van der Waals surface area (Å²) >= 11 is 0. The van der Waals surface area contributed by atoms with Crippen LogP contribution in [0.15, 0.2) is 78.9 Å². The number of halogens is 6.